The average molecular weight is 354 g/mol. The van der Waals surface area contributed by atoms with E-state index in [1.807, 2.05) is 6.07 Å². The third kappa shape index (κ3) is 4.66. The Morgan fingerprint density at radius 1 is 1.29 bits per heavy atom. The second-order valence-electron chi connectivity index (χ2n) is 5.14. The molecule has 8 nitrogen and oxygen atoms in total. The van der Waals surface area contributed by atoms with Gasteiger partial charge < -0.3 is 9.47 Å². The molecule has 0 fully saturated rings. The minimum absolute atomic E-state index is 0.0294. The summed E-state index contributed by atoms with van der Waals surface area (Å²) in [6.45, 7) is 4.06. The van der Waals surface area contributed by atoms with Crippen LogP contribution in [0, 0.1) is 11.3 Å². The van der Waals surface area contributed by atoms with Gasteiger partial charge in [-0.05, 0) is 6.07 Å². The monoisotopic (exact) mass is 354 g/mol. The minimum atomic E-state index is -3.71. The molecule has 9 heteroatoms. The Kier molecular flexibility index (Phi) is 7.13. The van der Waals surface area contributed by atoms with Crippen LogP contribution in [-0.4, -0.2) is 54.8 Å². The zero-order valence-corrected chi connectivity index (χ0v) is 14.9. The maximum Gasteiger partial charge on any atom is 0.251 e. The zero-order valence-electron chi connectivity index (χ0n) is 14.1. The highest BCUT2D eigenvalue weighted by Gasteiger charge is 2.22. The van der Waals surface area contributed by atoms with Gasteiger partial charge in [0.2, 0.25) is 15.9 Å². The Morgan fingerprint density at radius 2 is 1.92 bits per heavy atom. The van der Waals surface area contributed by atoms with Crippen LogP contribution in [0.1, 0.15) is 20.3 Å². The predicted molar refractivity (Wildman–Crippen MR) is 88.7 cm³/mol. The van der Waals surface area contributed by atoms with Crippen molar-refractivity contribution in [3.05, 3.63) is 28.7 Å². The van der Waals surface area contributed by atoms with Crippen molar-refractivity contribution in [1.82, 2.24) is 13.8 Å². The highest BCUT2D eigenvalue weighted by molar-refractivity contribution is 7.89. The first-order valence-corrected chi connectivity index (χ1v) is 9.03. The highest BCUT2D eigenvalue weighted by Crippen LogP contribution is 2.13. The molecule has 0 atom stereocenters. The number of aromatic nitrogens is 1. The predicted octanol–water partition coefficient (Wildman–Crippen LogP) is 0.251. The van der Waals surface area contributed by atoms with Crippen molar-refractivity contribution in [3.8, 4) is 6.07 Å². The van der Waals surface area contributed by atoms with E-state index in [0.717, 1.165) is 10.6 Å². The summed E-state index contributed by atoms with van der Waals surface area (Å²) in [5.41, 5.74) is -0.462. The third-order valence-corrected chi connectivity index (χ3v) is 5.62. The fourth-order valence-electron chi connectivity index (χ4n) is 2.11. The molecular weight excluding hydrogens is 332 g/mol. The number of pyridine rings is 1. The normalized spacial score (nSPS) is 11.3. The summed E-state index contributed by atoms with van der Waals surface area (Å²) in [7, 11) is -2.18. The van der Waals surface area contributed by atoms with E-state index >= 15 is 0 Å². The molecule has 0 spiro atoms. The molecule has 0 unspecified atom stereocenters. The van der Waals surface area contributed by atoms with E-state index in [0.29, 0.717) is 13.1 Å². The summed E-state index contributed by atoms with van der Waals surface area (Å²) >= 11 is 0. The summed E-state index contributed by atoms with van der Waals surface area (Å²) < 4.78 is 27.3. The largest absolute Gasteiger partial charge is 0.343 e. The van der Waals surface area contributed by atoms with Crippen molar-refractivity contribution in [3.63, 3.8) is 0 Å². The maximum absolute atomic E-state index is 12.5. The fraction of sp³-hybridized carbons (Fsp3) is 0.533. The summed E-state index contributed by atoms with van der Waals surface area (Å²) in [6, 6.07) is 4.32. The molecule has 1 aromatic heterocycles. The van der Waals surface area contributed by atoms with E-state index in [9.17, 15) is 18.0 Å². The van der Waals surface area contributed by atoms with Crippen LogP contribution in [0.15, 0.2) is 28.0 Å². The van der Waals surface area contributed by atoms with Gasteiger partial charge in [-0.3, -0.25) is 9.59 Å². The number of amides is 1. The molecular formula is C15H22N4O4S. The maximum atomic E-state index is 12.5. The molecule has 0 saturated heterocycles. The molecule has 1 rings (SSSR count). The van der Waals surface area contributed by atoms with Crippen molar-refractivity contribution in [1.29, 1.82) is 5.26 Å². The molecule has 0 saturated carbocycles. The van der Waals surface area contributed by atoms with Gasteiger partial charge in [0.05, 0.1) is 17.4 Å². The van der Waals surface area contributed by atoms with E-state index < -0.39 is 15.6 Å². The second kappa shape index (κ2) is 8.61. The van der Waals surface area contributed by atoms with E-state index in [1.54, 1.807) is 13.8 Å². The number of likely N-dealkylation sites (N-methyl/N-ethyl adjacent to an activating group) is 1. The first-order chi connectivity index (χ1) is 11.3. The quantitative estimate of drug-likeness (QED) is 0.666. The number of sulfonamides is 1. The molecule has 0 aliphatic carbocycles. The number of nitriles is 1. The van der Waals surface area contributed by atoms with Gasteiger partial charge in [-0.2, -0.15) is 9.57 Å². The topological polar surface area (TPSA) is 103 Å². The lowest BCUT2D eigenvalue weighted by atomic mass is 10.4. The minimum Gasteiger partial charge on any atom is -0.343 e. The van der Waals surface area contributed by atoms with Crippen molar-refractivity contribution >= 4 is 15.9 Å². The van der Waals surface area contributed by atoms with Crippen LogP contribution in [0.3, 0.4) is 0 Å². The first kappa shape index (κ1) is 19.9. The van der Waals surface area contributed by atoms with Crippen LogP contribution < -0.4 is 5.56 Å². The number of rotatable bonds is 8. The summed E-state index contributed by atoms with van der Waals surface area (Å²) in [5, 5.41) is 8.54. The van der Waals surface area contributed by atoms with E-state index in [2.05, 4.69) is 0 Å². The molecule has 0 radical (unpaired) electrons. The molecule has 0 aliphatic rings. The van der Waals surface area contributed by atoms with Crippen LogP contribution in [0.25, 0.3) is 0 Å². The second-order valence-corrected chi connectivity index (χ2v) is 7.08. The zero-order chi connectivity index (χ0) is 18.3. The number of nitrogens with zero attached hydrogens (tertiary/aromatic N) is 4. The van der Waals surface area contributed by atoms with Crippen LogP contribution in [0.4, 0.5) is 0 Å². The first-order valence-electron chi connectivity index (χ1n) is 7.59. The number of hydrogen-bond acceptors (Lipinski definition) is 5. The molecule has 0 aromatic carbocycles. The van der Waals surface area contributed by atoms with Crippen LogP contribution >= 0.6 is 0 Å². The molecule has 0 bridgehead atoms. The van der Waals surface area contributed by atoms with Crippen molar-refractivity contribution in [2.24, 2.45) is 0 Å². The summed E-state index contributed by atoms with van der Waals surface area (Å²) in [6.07, 6.45) is 1.37. The van der Waals surface area contributed by atoms with E-state index in [4.69, 9.17) is 5.26 Å². The molecule has 0 aliphatic heterocycles. The van der Waals surface area contributed by atoms with Crippen LogP contribution in [0.2, 0.25) is 0 Å². The molecule has 1 heterocycles. The lowest BCUT2D eigenvalue weighted by Gasteiger charge is -2.20. The number of carbonyl (C=O) groups excluding carboxylic acids is 1. The van der Waals surface area contributed by atoms with Crippen LogP contribution in [-0.2, 0) is 21.4 Å². The van der Waals surface area contributed by atoms with Gasteiger partial charge in [0.1, 0.15) is 6.54 Å². The van der Waals surface area contributed by atoms with E-state index in [1.165, 1.54) is 28.5 Å². The fourth-order valence-corrected chi connectivity index (χ4v) is 3.59. The van der Waals surface area contributed by atoms with Gasteiger partial charge >= 0.3 is 0 Å². The lowest BCUT2D eigenvalue weighted by Crippen LogP contribution is -2.35. The van der Waals surface area contributed by atoms with Gasteiger partial charge in [0, 0.05) is 38.9 Å². The third-order valence-electron chi connectivity index (χ3n) is 3.59. The Hall–Kier alpha value is -2.18. The number of carbonyl (C=O) groups is 1. The van der Waals surface area contributed by atoms with Gasteiger partial charge in [0.25, 0.3) is 5.56 Å². The molecule has 0 N–H and O–H groups in total. The lowest BCUT2D eigenvalue weighted by molar-refractivity contribution is -0.130. The van der Waals surface area contributed by atoms with E-state index in [-0.39, 0.29) is 30.3 Å². The molecule has 1 amide bonds. The highest BCUT2D eigenvalue weighted by atomic mass is 32.2. The van der Waals surface area contributed by atoms with Crippen molar-refractivity contribution in [2.45, 2.75) is 31.7 Å². The van der Waals surface area contributed by atoms with Crippen LogP contribution in [0.5, 0.6) is 0 Å². The molecule has 24 heavy (non-hydrogen) atoms. The Balaban J connectivity index is 3.09. The van der Waals surface area contributed by atoms with Gasteiger partial charge in [-0.15, -0.1) is 0 Å². The Bertz CT molecular complexity index is 775. The Morgan fingerprint density at radius 3 is 2.46 bits per heavy atom. The van der Waals surface area contributed by atoms with Gasteiger partial charge in [-0.1, -0.05) is 13.8 Å². The van der Waals surface area contributed by atoms with Crippen molar-refractivity contribution < 1.29 is 13.2 Å². The average Bonchev–Trinajstić information content (AvgIpc) is 2.55. The van der Waals surface area contributed by atoms with Gasteiger partial charge in [0.15, 0.2) is 0 Å². The summed E-state index contributed by atoms with van der Waals surface area (Å²) in [4.78, 5) is 25.3. The molecule has 132 valence electrons. The standard InChI is InChI=1S/C15H22N4O4S/c1-4-19(5-2)24(22,23)13-7-8-14(20)18(11-13)12-15(21)17(3)10-6-9-16/h7-8,11H,4-6,10,12H2,1-3H3. The molecule has 1 aromatic rings. The number of hydrogen-bond donors (Lipinski definition) is 0. The summed E-state index contributed by atoms with van der Waals surface area (Å²) in [5.74, 6) is -0.371. The van der Waals surface area contributed by atoms with Gasteiger partial charge in [-0.25, -0.2) is 8.42 Å². The smallest absolute Gasteiger partial charge is 0.251 e. The van der Waals surface area contributed by atoms with Crippen molar-refractivity contribution in [2.75, 3.05) is 26.7 Å². The SMILES string of the molecule is CCN(CC)S(=O)(=O)c1ccc(=O)n(CC(=O)N(C)CCC#N)c1. The Labute approximate surface area is 142 Å².